The zero-order chi connectivity index (χ0) is 13.9. The van der Waals surface area contributed by atoms with Crippen LogP contribution in [0.2, 0.25) is 0 Å². The summed E-state index contributed by atoms with van der Waals surface area (Å²) < 4.78 is 8.03. The maximum absolute atomic E-state index is 5.78. The summed E-state index contributed by atoms with van der Waals surface area (Å²) in [4.78, 5) is 8.92. The number of ether oxygens (including phenoxy) is 1. The smallest absolute Gasteiger partial charge is 0.125 e. The van der Waals surface area contributed by atoms with Crippen LogP contribution in [0.15, 0.2) is 24.4 Å². The van der Waals surface area contributed by atoms with E-state index in [2.05, 4.69) is 26.8 Å². The minimum Gasteiger partial charge on any atom is -0.369 e. The first-order valence-electron chi connectivity index (χ1n) is 7.02. The number of imidazole rings is 1. The van der Waals surface area contributed by atoms with E-state index in [-0.39, 0.29) is 0 Å². The third kappa shape index (κ3) is 2.73. The Balaban J connectivity index is 1.62. The maximum Gasteiger partial charge on any atom is 0.125 e. The molecule has 1 aliphatic rings. The highest BCUT2D eigenvalue weighted by atomic mass is 16.5. The molecule has 0 spiro atoms. The molecule has 3 heterocycles. The van der Waals surface area contributed by atoms with E-state index in [0.29, 0.717) is 19.3 Å². The van der Waals surface area contributed by atoms with Gasteiger partial charge in [0.1, 0.15) is 5.82 Å². The van der Waals surface area contributed by atoms with E-state index in [1.54, 1.807) is 0 Å². The Bertz CT molecular complexity index is 593. The van der Waals surface area contributed by atoms with Gasteiger partial charge in [-0.25, -0.2) is 4.98 Å². The molecule has 1 aliphatic heterocycles. The molecule has 2 aromatic rings. The number of fused-ring (bicyclic) bond motifs is 1. The van der Waals surface area contributed by atoms with E-state index in [9.17, 15) is 0 Å². The van der Waals surface area contributed by atoms with Crippen LogP contribution < -0.4 is 5.32 Å². The van der Waals surface area contributed by atoms with E-state index in [0.717, 1.165) is 36.0 Å². The van der Waals surface area contributed by atoms with Crippen molar-refractivity contribution in [2.24, 2.45) is 0 Å². The predicted octanol–water partition coefficient (Wildman–Crippen LogP) is 1.97. The molecule has 0 bridgehead atoms. The Kier molecular flexibility index (Phi) is 3.80. The minimum absolute atomic E-state index is 0.316. The number of pyridine rings is 1. The third-order valence-corrected chi connectivity index (χ3v) is 3.59. The molecule has 106 valence electrons. The van der Waals surface area contributed by atoms with Crippen molar-refractivity contribution in [1.29, 1.82) is 0 Å². The predicted molar refractivity (Wildman–Crippen MR) is 76.1 cm³/mol. The van der Waals surface area contributed by atoms with Crippen LogP contribution in [0.5, 0.6) is 0 Å². The van der Waals surface area contributed by atoms with Crippen LogP contribution in [-0.4, -0.2) is 21.1 Å². The average molecular weight is 272 g/mol. The van der Waals surface area contributed by atoms with Crippen molar-refractivity contribution in [2.75, 3.05) is 6.54 Å². The molecule has 0 fully saturated rings. The molecule has 1 N–H and O–H groups in total. The molecule has 0 aromatic carbocycles. The molecule has 20 heavy (non-hydrogen) atoms. The number of hydrogen-bond donors (Lipinski definition) is 1. The highest BCUT2D eigenvalue weighted by molar-refractivity contribution is 5.11. The normalized spacial score (nSPS) is 18.0. The van der Waals surface area contributed by atoms with Crippen molar-refractivity contribution in [3.05, 3.63) is 47.3 Å². The molecule has 2 aromatic heterocycles. The van der Waals surface area contributed by atoms with Gasteiger partial charge >= 0.3 is 0 Å². The van der Waals surface area contributed by atoms with Gasteiger partial charge in [0.2, 0.25) is 0 Å². The summed E-state index contributed by atoms with van der Waals surface area (Å²) in [5.41, 5.74) is 3.13. The molecular weight excluding hydrogens is 252 g/mol. The number of aryl methyl sites for hydroxylation is 1. The van der Waals surface area contributed by atoms with Crippen molar-refractivity contribution in [3.63, 3.8) is 0 Å². The number of nitrogens with zero attached hydrogens (tertiary/aromatic N) is 3. The van der Waals surface area contributed by atoms with Gasteiger partial charge in [-0.2, -0.15) is 0 Å². The van der Waals surface area contributed by atoms with Gasteiger partial charge in [0, 0.05) is 18.8 Å². The van der Waals surface area contributed by atoms with Gasteiger partial charge in [0.15, 0.2) is 0 Å². The minimum atomic E-state index is 0.316. The van der Waals surface area contributed by atoms with Gasteiger partial charge in [0.05, 0.1) is 36.8 Å². The van der Waals surface area contributed by atoms with Gasteiger partial charge in [0.25, 0.3) is 0 Å². The first-order chi connectivity index (χ1) is 9.74. The molecule has 0 aliphatic carbocycles. The largest absolute Gasteiger partial charge is 0.369 e. The molecule has 0 saturated carbocycles. The van der Waals surface area contributed by atoms with Crippen LogP contribution in [-0.2, 0) is 24.5 Å². The quantitative estimate of drug-likeness (QED) is 0.924. The number of nitrogens with one attached hydrogen (secondary N) is 1. The summed E-state index contributed by atoms with van der Waals surface area (Å²) in [6.07, 6.45) is 1.92. The first kappa shape index (κ1) is 13.3. The lowest BCUT2D eigenvalue weighted by atomic mass is 10.2. The van der Waals surface area contributed by atoms with Gasteiger partial charge in [-0.1, -0.05) is 6.07 Å². The summed E-state index contributed by atoms with van der Waals surface area (Å²) in [5, 5.41) is 3.41. The lowest BCUT2D eigenvalue weighted by Gasteiger charge is -2.23. The molecule has 0 amide bonds. The Morgan fingerprint density at radius 2 is 2.30 bits per heavy atom. The maximum atomic E-state index is 5.78. The zero-order valence-corrected chi connectivity index (χ0v) is 12.0. The van der Waals surface area contributed by atoms with Crippen molar-refractivity contribution < 1.29 is 4.74 Å². The fraction of sp³-hybridized carbons (Fsp3) is 0.467. The van der Waals surface area contributed by atoms with Crippen LogP contribution in [0.1, 0.15) is 35.9 Å². The standard InChI is InChI=1S/C15H20N4O/c1-11-4-3-5-13(18-11)9-20-10-14-8-17-15-12(2)16-6-7-19(14)15/h3-5,8,12,16H,6-7,9-10H2,1-2H3/t12-/m1/s1. The highest BCUT2D eigenvalue weighted by Crippen LogP contribution is 2.18. The second-order valence-corrected chi connectivity index (χ2v) is 5.20. The van der Waals surface area contributed by atoms with Crippen LogP contribution >= 0.6 is 0 Å². The summed E-state index contributed by atoms with van der Waals surface area (Å²) >= 11 is 0. The van der Waals surface area contributed by atoms with Crippen LogP contribution in [0, 0.1) is 6.92 Å². The van der Waals surface area contributed by atoms with Crippen LogP contribution in [0.3, 0.4) is 0 Å². The van der Waals surface area contributed by atoms with E-state index in [1.165, 1.54) is 0 Å². The van der Waals surface area contributed by atoms with Gasteiger partial charge in [-0.3, -0.25) is 4.98 Å². The van der Waals surface area contributed by atoms with E-state index >= 15 is 0 Å². The van der Waals surface area contributed by atoms with E-state index < -0.39 is 0 Å². The number of hydrogen-bond acceptors (Lipinski definition) is 4. The van der Waals surface area contributed by atoms with Gasteiger partial charge < -0.3 is 14.6 Å². The molecule has 5 nitrogen and oxygen atoms in total. The Hall–Kier alpha value is -1.72. The fourth-order valence-corrected chi connectivity index (χ4v) is 2.57. The topological polar surface area (TPSA) is 52.0 Å². The molecule has 0 saturated heterocycles. The lowest BCUT2D eigenvalue weighted by molar-refractivity contribution is 0.0988. The molecule has 5 heteroatoms. The van der Waals surface area contributed by atoms with Crippen molar-refractivity contribution in [3.8, 4) is 0 Å². The van der Waals surface area contributed by atoms with Crippen molar-refractivity contribution >= 4 is 0 Å². The van der Waals surface area contributed by atoms with E-state index in [4.69, 9.17) is 4.74 Å². The fourth-order valence-electron chi connectivity index (χ4n) is 2.57. The molecule has 1 atom stereocenters. The first-order valence-corrected chi connectivity index (χ1v) is 7.02. The zero-order valence-electron chi connectivity index (χ0n) is 12.0. The Labute approximate surface area is 119 Å². The Morgan fingerprint density at radius 3 is 3.15 bits per heavy atom. The molecule has 3 rings (SSSR count). The molecule has 0 unspecified atom stereocenters. The SMILES string of the molecule is Cc1cccc(COCc2cnc3n2CCN[C@@H]3C)n1. The van der Waals surface area contributed by atoms with Crippen molar-refractivity contribution in [2.45, 2.75) is 39.6 Å². The average Bonchev–Trinajstić information content (AvgIpc) is 2.84. The summed E-state index contributed by atoms with van der Waals surface area (Å²) in [5.74, 6) is 1.10. The third-order valence-electron chi connectivity index (χ3n) is 3.59. The van der Waals surface area contributed by atoms with Gasteiger partial charge in [-0.15, -0.1) is 0 Å². The number of rotatable bonds is 4. The van der Waals surface area contributed by atoms with Crippen LogP contribution in [0.4, 0.5) is 0 Å². The molecule has 0 radical (unpaired) electrons. The second-order valence-electron chi connectivity index (χ2n) is 5.20. The monoisotopic (exact) mass is 272 g/mol. The van der Waals surface area contributed by atoms with E-state index in [1.807, 2.05) is 31.3 Å². The lowest BCUT2D eigenvalue weighted by Crippen LogP contribution is -2.32. The summed E-state index contributed by atoms with van der Waals surface area (Å²) in [6, 6.07) is 6.31. The van der Waals surface area contributed by atoms with Gasteiger partial charge in [-0.05, 0) is 26.0 Å². The van der Waals surface area contributed by atoms with Crippen LogP contribution in [0.25, 0.3) is 0 Å². The van der Waals surface area contributed by atoms with Crippen molar-refractivity contribution in [1.82, 2.24) is 19.9 Å². The Morgan fingerprint density at radius 1 is 1.40 bits per heavy atom. The summed E-state index contributed by atoms with van der Waals surface area (Å²) in [7, 11) is 0. The summed E-state index contributed by atoms with van der Waals surface area (Å²) in [6.45, 7) is 7.19. The number of aromatic nitrogens is 3. The second kappa shape index (κ2) is 5.73. The highest BCUT2D eigenvalue weighted by Gasteiger charge is 2.19. The molecular formula is C15H20N4O.